The molecular formula is C24H19Br3N2O3. The van der Waals surface area contributed by atoms with Gasteiger partial charge >= 0.3 is 0 Å². The molecule has 0 aromatic heterocycles. The highest BCUT2D eigenvalue weighted by Gasteiger charge is 2.42. The topological polar surface area (TPSA) is 43.3 Å². The summed E-state index contributed by atoms with van der Waals surface area (Å²) in [5, 5.41) is 7.09. The molecule has 0 spiro atoms. The predicted octanol–water partition coefficient (Wildman–Crippen LogP) is 7.23. The van der Waals surface area contributed by atoms with Crippen molar-refractivity contribution in [3.63, 3.8) is 0 Å². The van der Waals surface area contributed by atoms with Crippen molar-refractivity contribution < 1.29 is 14.2 Å². The third kappa shape index (κ3) is 3.82. The molecule has 0 amide bonds. The zero-order valence-electron chi connectivity index (χ0n) is 17.3. The lowest BCUT2D eigenvalue weighted by atomic mass is 9.96. The molecule has 3 aromatic carbocycles. The van der Waals surface area contributed by atoms with Gasteiger partial charge in [-0.3, -0.25) is 0 Å². The van der Waals surface area contributed by atoms with Crippen molar-refractivity contribution in [2.45, 2.75) is 18.7 Å². The average molecular weight is 623 g/mol. The minimum absolute atomic E-state index is 0.0456. The fourth-order valence-corrected chi connectivity index (χ4v) is 5.77. The van der Waals surface area contributed by atoms with Gasteiger partial charge in [0.2, 0.25) is 6.23 Å². The standard InChI is InChI=1S/C24H19Br3N2O3/c1-30-21-8-5-14(9-22(21)31-2)24-29-20(17-10-16(26)11-18(27)23(17)32-24)12-19(28-29)13-3-6-15(25)7-4-13/h3-11,20,24H,12H2,1-2H3/t20-,24-/m0/s1. The normalized spacial score (nSPS) is 19.0. The molecule has 32 heavy (non-hydrogen) atoms. The molecule has 2 aliphatic rings. The van der Waals surface area contributed by atoms with Crippen molar-refractivity contribution in [3.8, 4) is 17.2 Å². The SMILES string of the molecule is COc1ccc([C@@H]2Oc3c(Br)cc(Br)cc3[C@@H]3CC(c4ccc(Br)cc4)=NN32)cc1OC. The molecule has 0 radical (unpaired) electrons. The number of benzene rings is 3. The van der Waals surface area contributed by atoms with E-state index in [2.05, 4.69) is 71.0 Å². The monoisotopic (exact) mass is 620 g/mol. The van der Waals surface area contributed by atoms with E-state index in [9.17, 15) is 0 Å². The van der Waals surface area contributed by atoms with E-state index in [1.165, 1.54) is 0 Å². The van der Waals surface area contributed by atoms with Gasteiger partial charge in [-0.2, -0.15) is 5.10 Å². The number of rotatable bonds is 4. The molecule has 5 rings (SSSR count). The van der Waals surface area contributed by atoms with Crippen LogP contribution >= 0.6 is 47.8 Å². The molecule has 0 saturated heterocycles. The summed E-state index contributed by atoms with van der Waals surface area (Å²) >= 11 is 10.8. The van der Waals surface area contributed by atoms with E-state index in [-0.39, 0.29) is 6.04 Å². The van der Waals surface area contributed by atoms with Gasteiger partial charge in [0, 0.05) is 26.5 Å². The Labute approximate surface area is 211 Å². The lowest BCUT2D eigenvalue weighted by Crippen LogP contribution is -2.34. The number of ether oxygens (including phenoxy) is 3. The van der Waals surface area contributed by atoms with E-state index in [0.717, 1.165) is 48.0 Å². The van der Waals surface area contributed by atoms with Crippen LogP contribution in [0.25, 0.3) is 0 Å². The van der Waals surface area contributed by atoms with Gasteiger partial charge in [0.25, 0.3) is 0 Å². The van der Waals surface area contributed by atoms with E-state index < -0.39 is 6.23 Å². The highest BCUT2D eigenvalue weighted by atomic mass is 79.9. The lowest BCUT2D eigenvalue weighted by molar-refractivity contribution is -0.0198. The van der Waals surface area contributed by atoms with Crippen LogP contribution in [0.5, 0.6) is 17.2 Å². The molecule has 0 N–H and O–H groups in total. The number of hydrogen-bond donors (Lipinski definition) is 0. The Kier molecular flexibility index (Phi) is 5.94. The summed E-state index contributed by atoms with van der Waals surface area (Å²) in [6.07, 6.45) is 0.378. The maximum Gasteiger partial charge on any atom is 0.214 e. The van der Waals surface area contributed by atoms with Crippen LogP contribution in [0.4, 0.5) is 0 Å². The lowest BCUT2D eigenvalue weighted by Gasteiger charge is -2.38. The van der Waals surface area contributed by atoms with Crippen molar-refractivity contribution in [3.05, 3.63) is 84.7 Å². The summed E-state index contributed by atoms with van der Waals surface area (Å²) in [6.45, 7) is 0. The molecule has 0 aliphatic carbocycles. The van der Waals surface area contributed by atoms with Crippen molar-refractivity contribution >= 4 is 53.5 Å². The minimum atomic E-state index is -0.405. The van der Waals surface area contributed by atoms with Gasteiger partial charge in [-0.25, -0.2) is 5.01 Å². The van der Waals surface area contributed by atoms with Crippen LogP contribution in [-0.4, -0.2) is 24.9 Å². The maximum atomic E-state index is 6.54. The van der Waals surface area contributed by atoms with Gasteiger partial charge in [0.05, 0.1) is 30.4 Å². The second kappa shape index (κ2) is 8.72. The van der Waals surface area contributed by atoms with Crippen LogP contribution in [-0.2, 0) is 0 Å². The number of hydrazone groups is 1. The zero-order chi connectivity index (χ0) is 22.4. The quantitative estimate of drug-likeness (QED) is 0.308. The van der Waals surface area contributed by atoms with E-state index in [1.807, 2.05) is 36.4 Å². The Morgan fingerprint density at radius 1 is 0.906 bits per heavy atom. The van der Waals surface area contributed by atoms with Gasteiger partial charge < -0.3 is 14.2 Å². The second-order valence-electron chi connectivity index (χ2n) is 7.54. The summed E-state index contributed by atoms with van der Waals surface area (Å²) in [7, 11) is 3.26. The van der Waals surface area contributed by atoms with E-state index in [0.29, 0.717) is 11.5 Å². The summed E-state index contributed by atoms with van der Waals surface area (Å²) in [5.74, 6) is 2.17. The third-order valence-corrected chi connectivity index (χ3v) is 7.25. The van der Waals surface area contributed by atoms with Crippen LogP contribution in [0.2, 0.25) is 0 Å². The molecule has 164 valence electrons. The molecule has 0 saturated carbocycles. The Balaban J connectivity index is 1.62. The number of nitrogens with zero attached hydrogens (tertiary/aromatic N) is 2. The minimum Gasteiger partial charge on any atom is -0.493 e. The first-order valence-corrected chi connectivity index (χ1v) is 12.4. The molecule has 2 atom stereocenters. The predicted molar refractivity (Wildman–Crippen MR) is 135 cm³/mol. The van der Waals surface area contributed by atoms with Crippen LogP contribution in [0.15, 0.2) is 73.1 Å². The first-order valence-electron chi connectivity index (χ1n) is 9.97. The summed E-state index contributed by atoms with van der Waals surface area (Å²) < 4.78 is 20.4. The van der Waals surface area contributed by atoms with E-state index >= 15 is 0 Å². The molecule has 0 bridgehead atoms. The summed E-state index contributed by atoms with van der Waals surface area (Å²) in [6, 6.07) is 18.3. The van der Waals surface area contributed by atoms with Crippen molar-refractivity contribution in [2.24, 2.45) is 5.10 Å². The van der Waals surface area contributed by atoms with Crippen molar-refractivity contribution in [1.29, 1.82) is 0 Å². The molecule has 0 fully saturated rings. The van der Waals surface area contributed by atoms with Crippen molar-refractivity contribution in [2.75, 3.05) is 14.2 Å². The summed E-state index contributed by atoms with van der Waals surface area (Å²) in [5.41, 5.74) is 4.16. The molecule has 2 heterocycles. The molecule has 0 unspecified atom stereocenters. The number of halogens is 3. The van der Waals surface area contributed by atoms with Crippen LogP contribution < -0.4 is 14.2 Å². The Bertz CT molecular complexity index is 1210. The fourth-order valence-electron chi connectivity index (χ4n) is 4.16. The fraction of sp³-hybridized carbons (Fsp3) is 0.208. The van der Waals surface area contributed by atoms with E-state index in [4.69, 9.17) is 19.3 Å². The molecule has 5 nitrogen and oxygen atoms in total. The van der Waals surface area contributed by atoms with Crippen molar-refractivity contribution in [1.82, 2.24) is 5.01 Å². The van der Waals surface area contributed by atoms with Crippen LogP contribution in [0, 0.1) is 0 Å². The van der Waals surface area contributed by atoms with Gasteiger partial charge in [-0.1, -0.05) is 44.0 Å². The number of methoxy groups -OCH3 is 2. The Hall–Kier alpha value is -2.03. The highest BCUT2D eigenvalue weighted by molar-refractivity contribution is 9.11. The first-order chi connectivity index (χ1) is 15.5. The van der Waals surface area contributed by atoms with Gasteiger partial charge in [-0.15, -0.1) is 0 Å². The third-order valence-electron chi connectivity index (χ3n) is 5.68. The molecule has 8 heteroatoms. The Morgan fingerprint density at radius 3 is 2.38 bits per heavy atom. The average Bonchev–Trinajstić information content (AvgIpc) is 3.24. The number of hydrogen-bond acceptors (Lipinski definition) is 5. The van der Waals surface area contributed by atoms with Gasteiger partial charge in [0.1, 0.15) is 5.75 Å². The maximum absolute atomic E-state index is 6.54. The van der Waals surface area contributed by atoms with Gasteiger partial charge in [0.15, 0.2) is 11.5 Å². The highest BCUT2D eigenvalue weighted by Crippen LogP contribution is 2.51. The van der Waals surface area contributed by atoms with Gasteiger partial charge in [-0.05, 0) is 64.0 Å². The molecule has 2 aliphatic heterocycles. The molecular weight excluding hydrogens is 604 g/mol. The van der Waals surface area contributed by atoms with Crippen LogP contribution in [0.3, 0.4) is 0 Å². The Morgan fingerprint density at radius 2 is 1.66 bits per heavy atom. The first kappa shape index (κ1) is 21.8. The van der Waals surface area contributed by atoms with E-state index in [1.54, 1.807) is 14.2 Å². The summed E-state index contributed by atoms with van der Waals surface area (Å²) in [4.78, 5) is 0. The second-order valence-corrected chi connectivity index (χ2v) is 10.2. The smallest absolute Gasteiger partial charge is 0.214 e. The largest absolute Gasteiger partial charge is 0.493 e. The molecule has 3 aromatic rings. The number of fused-ring (bicyclic) bond motifs is 3. The zero-order valence-corrected chi connectivity index (χ0v) is 22.1. The van der Waals surface area contributed by atoms with Crippen LogP contribution in [0.1, 0.15) is 35.4 Å².